The second-order valence-electron chi connectivity index (χ2n) is 6.32. The molecule has 0 saturated carbocycles. The lowest BCUT2D eigenvalue weighted by molar-refractivity contribution is -0.142. The summed E-state index contributed by atoms with van der Waals surface area (Å²) in [4.78, 5) is 28.9. The summed E-state index contributed by atoms with van der Waals surface area (Å²) < 4.78 is 17.9. The topological polar surface area (TPSA) is 68.3 Å². The summed E-state index contributed by atoms with van der Waals surface area (Å²) >= 11 is 5.88. The van der Waals surface area contributed by atoms with E-state index in [0.717, 1.165) is 11.1 Å². The van der Waals surface area contributed by atoms with Crippen molar-refractivity contribution in [1.82, 2.24) is 10.3 Å². The number of methoxy groups -OCH3 is 1. The number of pyridine rings is 1. The monoisotopic (exact) mass is 412 g/mol. The van der Waals surface area contributed by atoms with Gasteiger partial charge in [0.1, 0.15) is 11.9 Å². The first-order valence-corrected chi connectivity index (χ1v) is 9.19. The highest BCUT2D eigenvalue weighted by Gasteiger charge is 2.23. The lowest BCUT2D eigenvalue weighted by Crippen LogP contribution is -2.43. The molecule has 0 aliphatic heterocycles. The van der Waals surface area contributed by atoms with E-state index in [4.69, 9.17) is 16.3 Å². The summed E-state index contributed by atoms with van der Waals surface area (Å²) in [6, 6.07) is 15.3. The molecule has 0 radical (unpaired) electrons. The molecule has 0 aliphatic carbocycles. The lowest BCUT2D eigenvalue weighted by atomic mass is 10.1. The molecule has 3 rings (SSSR count). The van der Waals surface area contributed by atoms with Crippen molar-refractivity contribution in [3.8, 4) is 11.3 Å². The van der Waals surface area contributed by atoms with Crippen molar-refractivity contribution in [3.05, 3.63) is 88.8 Å². The smallest absolute Gasteiger partial charge is 0.328 e. The van der Waals surface area contributed by atoms with Gasteiger partial charge in [-0.1, -0.05) is 23.7 Å². The van der Waals surface area contributed by atoms with Crippen LogP contribution in [0.1, 0.15) is 15.9 Å². The summed E-state index contributed by atoms with van der Waals surface area (Å²) in [6.07, 6.45) is 1.67. The number of carbonyl (C=O) groups is 2. The Balaban J connectivity index is 1.72. The zero-order valence-electron chi connectivity index (χ0n) is 15.6. The van der Waals surface area contributed by atoms with E-state index in [-0.39, 0.29) is 12.2 Å². The fourth-order valence-electron chi connectivity index (χ4n) is 2.75. The van der Waals surface area contributed by atoms with E-state index in [0.29, 0.717) is 16.3 Å². The number of nitrogens with one attached hydrogen (secondary N) is 1. The van der Waals surface area contributed by atoms with Gasteiger partial charge in [-0.25, -0.2) is 9.18 Å². The average molecular weight is 413 g/mol. The first-order valence-electron chi connectivity index (χ1n) is 8.81. The predicted octanol–water partition coefficient (Wildman–Crippen LogP) is 4.06. The van der Waals surface area contributed by atoms with Crippen molar-refractivity contribution in [3.63, 3.8) is 0 Å². The molecule has 29 heavy (non-hydrogen) atoms. The molecule has 7 heteroatoms. The van der Waals surface area contributed by atoms with Gasteiger partial charge < -0.3 is 10.1 Å². The van der Waals surface area contributed by atoms with Crippen LogP contribution in [-0.4, -0.2) is 30.0 Å². The molecule has 3 aromatic rings. The van der Waals surface area contributed by atoms with Gasteiger partial charge in [0.2, 0.25) is 0 Å². The molecular weight excluding hydrogens is 395 g/mol. The number of nitrogens with zero attached hydrogens (tertiary/aromatic N) is 1. The van der Waals surface area contributed by atoms with Gasteiger partial charge in [0.15, 0.2) is 0 Å². The van der Waals surface area contributed by atoms with E-state index in [1.165, 1.54) is 25.4 Å². The van der Waals surface area contributed by atoms with Crippen molar-refractivity contribution in [2.45, 2.75) is 12.5 Å². The Bertz CT molecular complexity index is 990. The Morgan fingerprint density at radius 3 is 2.34 bits per heavy atom. The van der Waals surface area contributed by atoms with Crippen molar-refractivity contribution >= 4 is 23.5 Å². The Hall–Kier alpha value is -3.25. The second kappa shape index (κ2) is 9.30. The number of hydrogen-bond acceptors (Lipinski definition) is 4. The highest BCUT2D eigenvalue weighted by atomic mass is 35.5. The first kappa shape index (κ1) is 20.5. The molecule has 1 amide bonds. The zero-order chi connectivity index (χ0) is 20.8. The molecule has 1 aromatic heterocycles. The van der Waals surface area contributed by atoms with Crippen molar-refractivity contribution in [2.24, 2.45) is 0 Å². The van der Waals surface area contributed by atoms with Gasteiger partial charge in [0, 0.05) is 23.2 Å². The largest absolute Gasteiger partial charge is 0.467 e. The second-order valence-corrected chi connectivity index (χ2v) is 6.76. The first-order chi connectivity index (χ1) is 14.0. The van der Waals surface area contributed by atoms with Crippen LogP contribution < -0.4 is 5.32 Å². The molecular formula is C22H18ClFN2O3. The molecule has 1 atom stereocenters. The number of benzene rings is 2. The van der Waals surface area contributed by atoms with Crippen LogP contribution in [0, 0.1) is 5.82 Å². The third-order valence-corrected chi connectivity index (χ3v) is 4.56. The molecule has 0 fully saturated rings. The maximum absolute atomic E-state index is 13.0. The van der Waals surface area contributed by atoms with Gasteiger partial charge in [0.05, 0.1) is 18.4 Å². The van der Waals surface area contributed by atoms with Gasteiger partial charge in [-0.2, -0.15) is 0 Å². The maximum Gasteiger partial charge on any atom is 0.328 e. The Morgan fingerprint density at radius 1 is 1.07 bits per heavy atom. The summed E-state index contributed by atoms with van der Waals surface area (Å²) in [5, 5.41) is 3.26. The van der Waals surface area contributed by atoms with Crippen LogP contribution in [0.25, 0.3) is 11.3 Å². The number of carbonyl (C=O) groups excluding carboxylic acids is 2. The molecule has 0 saturated heterocycles. The van der Waals surface area contributed by atoms with E-state index in [2.05, 4.69) is 10.3 Å². The highest BCUT2D eigenvalue weighted by Crippen LogP contribution is 2.18. The number of amides is 1. The molecule has 1 heterocycles. The maximum atomic E-state index is 13.0. The summed E-state index contributed by atoms with van der Waals surface area (Å²) in [6.45, 7) is 0. The van der Waals surface area contributed by atoms with Gasteiger partial charge in [-0.05, 0) is 54.1 Å². The number of rotatable bonds is 6. The molecule has 1 N–H and O–H groups in total. The molecule has 0 spiro atoms. The Morgan fingerprint density at radius 2 is 1.76 bits per heavy atom. The summed E-state index contributed by atoms with van der Waals surface area (Å²) in [5.41, 5.74) is 2.46. The minimum absolute atomic E-state index is 0.261. The van der Waals surface area contributed by atoms with Gasteiger partial charge in [-0.15, -0.1) is 0 Å². The fraction of sp³-hybridized carbons (Fsp3) is 0.136. The minimum atomic E-state index is -0.856. The predicted molar refractivity (Wildman–Crippen MR) is 108 cm³/mol. The van der Waals surface area contributed by atoms with Crippen molar-refractivity contribution < 1.29 is 18.7 Å². The lowest BCUT2D eigenvalue weighted by Gasteiger charge is -2.17. The Labute approximate surface area is 172 Å². The van der Waals surface area contributed by atoms with Gasteiger partial charge >= 0.3 is 5.97 Å². The van der Waals surface area contributed by atoms with E-state index in [1.54, 1.807) is 48.5 Å². The summed E-state index contributed by atoms with van der Waals surface area (Å²) in [5.74, 6) is -1.34. The van der Waals surface area contributed by atoms with Crippen LogP contribution in [-0.2, 0) is 16.0 Å². The number of hydrogen-bond donors (Lipinski definition) is 1. The standard InChI is InChI=1S/C22H18ClFN2O3/c1-29-22(28)20(12-14-2-7-17(23)8-3-14)26-21(27)16-6-11-19(25-13-16)15-4-9-18(24)10-5-15/h2-11,13,20H,12H2,1H3,(H,26,27). The molecule has 1 unspecified atom stereocenters. The van der Waals surface area contributed by atoms with Crippen LogP contribution in [0.2, 0.25) is 5.02 Å². The quantitative estimate of drug-likeness (QED) is 0.620. The summed E-state index contributed by atoms with van der Waals surface area (Å²) in [7, 11) is 1.27. The molecule has 5 nitrogen and oxygen atoms in total. The third kappa shape index (κ3) is 5.39. The normalized spacial score (nSPS) is 11.6. The van der Waals surface area contributed by atoms with E-state index < -0.39 is 17.9 Å². The van der Waals surface area contributed by atoms with Crippen LogP contribution in [0.15, 0.2) is 66.9 Å². The Kier molecular flexibility index (Phi) is 6.57. The van der Waals surface area contributed by atoms with Gasteiger partial charge in [0.25, 0.3) is 5.91 Å². The molecule has 0 bridgehead atoms. The van der Waals surface area contributed by atoms with Crippen LogP contribution in [0.3, 0.4) is 0 Å². The number of esters is 1. The van der Waals surface area contributed by atoms with Crippen LogP contribution in [0.5, 0.6) is 0 Å². The van der Waals surface area contributed by atoms with Crippen LogP contribution in [0.4, 0.5) is 4.39 Å². The van der Waals surface area contributed by atoms with E-state index >= 15 is 0 Å². The minimum Gasteiger partial charge on any atom is -0.467 e. The zero-order valence-corrected chi connectivity index (χ0v) is 16.3. The van der Waals surface area contributed by atoms with Crippen molar-refractivity contribution in [2.75, 3.05) is 7.11 Å². The average Bonchev–Trinajstić information content (AvgIpc) is 2.75. The van der Waals surface area contributed by atoms with E-state index in [1.807, 2.05) is 0 Å². The number of halogens is 2. The highest BCUT2D eigenvalue weighted by molar-refractivity contribution is 6.30. The number of aromatic nitrogens is 1. The molecule has 2 aromatic carbocycles. The number of ether oxygens (including phenoxy) is 1. The van der Waals surface area contributed by atoms with E-state index in [9.17, 15) is 14.0 Å². The van der Waals surface area contributed by atoms with Crippen molar-refractivity contribution in [1.29, 1.82) is 0 Å². The molecule has 0 aliphatic rings. The van der Waals surface area contributed by atoms with Gasteiger partial charge in [-0.3, -0.25) is 9.78 Å². The fourth-order valence-corrected chi connectivity index (χ4v) is 2.88. The van der Waals surface area contributed by atoms with Crippen LogP contribution >= 0.6 is 11.6 Å². The third-order valence-electron chi connectivity index (χ3n) is 4.31. The molecule has 148 valence electrons. The SMILES string of the molecule is COC(=O)C(Cc1ccc(Cl)cc1)NC(=O)c1ccc(-c2ccc(F)cc2)nc1.